The Bertz CT molecular complexity index is 531. The van der Waals surface area contributed by atoms with E-state index < -0.39 is 21.7 Å². The second-order valence-corrected chi connectivity index (χ2v) is 7.21. The van der Waals surface area contributed by atoms with Crippen LogP contribution in [0.4, 0.5) is 0 Å². The quantitative estimate of drug-likeness (QED) is 0.853. The van der Waals surface area contributed by atoms with Crippen LogP contribution in [0.25, 0.3) is 0 Å². The van der Waals surface area contributed by atoms with E-state index >= 15 is 0 Å². The standard InChI is InChI=1S/C13H21N3O3S/c1-11-4-6-12(7-5-11)15-20(18,19)10-13(17)14-16-8-2-3-9-16/h2-3,8-9,11-12,15H,4-7,10H2,1H3,(H,14,17). The van der Waals surface area contributed by atoms with Gasteiger partial charge in [0.1, 0.15) is 5.75 Å². The SMILES string of the molecule is CC1CCC(NS(=O)(=O)CC(=O)Nn2cccc2)CC1. The van der Waals surface area contributed by atoms with Crippen LogP contribution in [0.5, 0.6) is 0 Å². The molecule has 1 aliphatic rings. The molecule has 0 radical (unpaired) electrons. The summed E-state index contributed by atoms with van der Waals surface area (Å²) < 4.78 is 27.9. The van der Waals surface area contributed by atoms with Gasteiger partial charge in [-0.2, -0.15) is 0 Å². The molecule has 1 heterocycles. The average Bonchev–Trinajstić information content (AvgIpc) is 2.83. The van der Waals surface area contributed by atoms with E-state index in [0.717, 1.165) is 25.7 Å². The van der Waals surface area contributed by atoms with Gasteiger partial charge in [0.05, 0.1) is 0 Å². The molecule has 1 amide bonds. The van der Waals surface area contributed by atoms with Crippen molar-refractivity contribution in [1.82, 2.24) is 9.40 Å². The molecule has 1 fully saturated rings. The number of nitrogens with zero attached hydrogens (tertiary/aromatic N) is 1. The average molecular weight is 299 g/mol. The molecule has 7 heteroatoms. The molecular weight excluding hydrogens is 278 g/mol. The molecule has 2 rings (SSSR count). The minimum absolute atomic E-state index is 0.0319. The van der Waals surface area contributed by atoms with Gasteiger partial charge in [0.25, 0.3) is 5.91 Å². The molecule has 1 aromatic rings. The van der Waals surface area contributed by atoms with Crippen LogP contribution in [-0.4, -0.2) is 30.8 Å². The van der Waals surface area contributed by atoms with Crippen LogP contribution in [0.1, 0.15) is 32.6 Å². The summed E-state index contributed by atoms with van der Waals surface area (Å²) in [5, 5.41) is 0. The molecule has 0 saturated heterocycles. The Kier molecular flexibility index (Phi) is 4.82. The Hall–Kier alpha value is -1.34. The first-order chi connectivity index (χ1) is 9.44. The Morgan fingerprint density at radius 3 is 2.40 bits per heavy atom. The number of aromatic nitrogens is 1. The fourth-order valence-corrected chi connectivity index (χ4v) is 3.67. The van der Waals surface area contributed by atoms with E-state index in [2.05, 4.69) is 17.1 Å². The van der Waals surface area contributed by atoms with Crippen molar-refractivity contribution < 1.29 is 13.2 Å². The smallest absolute Gasteiger partial charge is 0.255 e. The monoisotopic (exact) mass is 299 g/mol. The lowest BCUT2D eigenvalue weighted by Crippen LogP contribution is -2.41. The summed E-state index contributed by atoms with van der Waals surface area (Å²) in [7, 11) is -3.58. The summed E-state index contributed by atoms with van der Waals surface area (Å²) in [5.41, 5.74) is 2.48. The second kappa shape index (κ2) is 6.41. The van der Waals surface area contributed by atoms with Gasteiger partial charge < -0.3 is 0 Å². The lowest BCUT2D eigenvalue weighted by atomic mass is 9.88. The van der Waals surface area contributed by atoms with Crippen LogP contribution < -0.4 is 10.1 Å². The summed E-state index contributed by atoms with van der Waals surface area (Å²) in [6, 6.07) is 3.46. The highest BCUT2D eigenvalue weighted by atomic mass is 32.2. The van der Waals surface area contributed by atoms with Crippen molar-refractivity contribution in [1.29, 1.82) is 0 Å². The van der Waals surface area contributed by atoms with Crippen molar-refractivity contribution in [3.8, 4) is 0 Å². The van der Waals surface area contributed by atoms with Gasteiger partial charge in [-0.05, 0) is 43.7 Å². The van der Waals surface area contributed by atoms with E-state index in [1.807, 2.05) is 0 Å². The molecule has 1 aromatic heterocycles. The molecule has 0 aliphatic heterocycles. The molecule has 112 valence electrons. The van der Waals surface area contributed by atoms with Gasteiger partial charge in [0, 0.05) is 18.4 Å². The number of sulfonamides is 1. The third-order valence-corrected chi connectivity index (χ3v) is 4.88. The number of hydrogen-bond donors (Lipinski definition) is 2. The minimum atomic E-state index is -3.58. The van der Waals surface area contributed by atoms with E-state index in [0.29, 0.717) is 5.92 Å². The first-order valence-electron chi connectivity index (χ1n) is 6.87. The zero-order chi connectivity index (χ0) is 14.6. The van der Waals surface area contributed by atoms with Crippen molar-refractivity contribution in [2.75, 3.05) is 11.2 Å². The van der Waals surface area contributed by atoms with Gasteiger partial charge in [-0.3, -0.25) is 14.9 Å². The molecule has 2 N–H and O–H groups in total. The van der Waals surface area contributed by atoms with Crippen molar-refractivity contribution in [2.45, 2.75) is 38.6 Å². The van der Waals surface area contributed by atoms with Crippen molar-refractivity contribution in [3.63, 3.8) is 0 Å². The molecule has 0 aromatic carbocycles. The lowest BCUT2D eigenvalue weighted by Gasteiger charge is -2.26. The van der Waals surface area contributed by atoms with Gasteiger partial charge >= 0.3 is 0 Å². The number of nitrogens with one attached hydrogen (secondary N) is 2. The van der Waals surface area contributed by atoms with E-state index in [9.17, 15) is 13.2 Å². The maximum Gasteiger partial charge on any atom is 0.255 e. The fraction of sp³-hybridized carbons (Fsp3) is 0.615. The highest BCUT2D eigenvalue weighted by Crippen LogP contribution is 2.23. The van der Waals surface area contributed by atoms with Gasteiger partial charge in [0.15, 0.2) is 0 Å². The van der Waals surface area contributed by atoms with Crippen LogP contribution in [0.2, 0.25) is 0 Å². The molecule has 20 heavy (non-hydrogen) atoms. The van der Waals surface area contributed by atoms with Crippen LogP contribution in [0.3, 0.4) is 0 Å². The van der Waals surface area contributed by atoms with E-state index in [1.165, 1.54) is 4.68 Å². The molecular formula is C13H21N3O3S. The lowest BCUT2D eigenvalue weighted by molar-refractivity contribution is -0.114. The van der Waals surface area contributed by atoms with Crippen LogP contribution in [-0.2, 0) is 14.8 Å². The first-order valence-corrected chi connectivity index (χ1v) is 8.53. The summed E-state index contributed by atoms with van der Waals surface area (Å²) >= 11 is 0. The number of rotatable bonds is 5. The maximum atomic E-state index is 11.9. The van der Waals surface area contributed by atoms with Crippen LogP contribution >= 0.6 is 0 Å². The topological polar surface area (TPSA) is 80.2 Å². The predicted molar refractivity (Wildman–Crippen MR) is 77.1 cm³/mol. The van der Waals surface area contributed by atoms with Gasteiger partial charge in [0.2, 0.25) is 10.0 Å². The Balaban J connectivity index is 1.82. The van der Waals surface area contributed by atoms with Crippen LogP contribution in [0.15, 0.2) is 24.5 Å². The normalized spacial score (nSPS) is 23.4. The molecule has 0 unspecified atom stereocenters. The molecule has 1 saturated carbocycles. The maximum absolute atomic E-state index is 11.9. The predicted octanol–water partition coefficient (Wildman–Crippen LogP) is 1.06. The Morgan fingerprint density at radius 1 is 1.20 bits per heavy atom. The van der Waals surface area contributed by atoms with E-state index in [4.69, 9.17) is 0 Å². The molecule has 6 nitrogen and oxygen atoms in total. The highest BCUT2D eigenvalue weighted by Gasteiger charge is 2.24. The van der Waals surface area contributed by atoms with E-state index in [1.54, 1.807) is 24.5 Å². The fourth-order valence-electron chi connectivity index (χ4n) is 2.43. The zero-order valence-corrected chi connectivity index (χ0v) is 12.4. The zero-order valence-electron chi connectivity index (χ0n) is 11.6. The minimum Gasteiger partial charge on any atom is -0.272 e. The molecule has 0 bridgehead atoms. The van der Waals surface area contributed by atoms with Crippen molar-refractivity contribution in [2.24, 2.45) is 5.92 Å². The molecule has 0 spiro atoms. The first kappa shape index (κ1) is 15.1. The number of carbonyl (C=O) groups excluding carboxylic acids is 1. The van der Waals surface area contributed by atoms with Crippen molar-refractivity contribution in [3.05, 3.63) is 24.5 Å². The van der Waals surface area contributed by atoms with Gasteiger partial charge in [-0.15, -0.1) is 0 Å². The highest BCUT2D eigenvalue weighted by molar-refractivity contribution is 7.90. The third kappa shape index (κ3) is 4.64. The summed E-state index contributed by atoms with van der Waals surface area (Å²) in [6.45, 7) is 2.18. The molecule has 1 aliphatic carbocycles. The van der Waals surface area contributed by atoms with E-state index in [-0.39, 0.29) is 6.04 Å². The Morgan fingerprint density at radius 2 is 1.80 bits per heavy atom. The number of hydrogen-bond acceptors (Lipinski definition) is 3. The number of amides is 1. The summed E-state index contributed by atoms with van der Waals surface area (Å²) in [6.07, 6.45) is 7.03. The van der Waals surface area contributed by atoms with Gasteiger partial charge in [-0.1, -0.05) is 6.92 Å². The molecule has 0 atom stereocenters. The summed E-state index contributed by atoms with van der Waals surface area (Å²) in [4.78, 5) is 11.7. The Labute approximate surface area is 119 Å². The number of carbonyl (C=O) groups is 1. The third-order valence-electron chi connectivity index (χ3n) is 3.54. The summed E-state index contributed by atoms with van der Waals surface area (Å²) in [5.74, 6) is -0.428. The van der Waals surface area contributed by atoms with Crippen molar-refractivity contribution >= 4 is 15.9 Å². The largest absolute Gasteiger partial charge is 0.272 e. The van der Waals surface area contributed by atoms with Crippen LogP contribution in [0, 0.1) is 5.92 Å². The van der Waals surface area contributed by atoms with Gasteiger partial charge in [-0.25, -0.2) is 13.1 Å². The second-order valence-electron chi connectivity index (χ2n) is 5.46.